The second-order valence-electron chi connectivity index (χ2n) is 11.9. The lowest BCUT2D eigenvalue weighted by molar-refractivity contribution is -0.121. The normalized spacial score (nSPS) is 12.2. The van der Waals surface area contributed by atoms with E-state index in [2.05, 4.69) is 16.0 Å². The van der Waals surface area contributed by atoms with Crippen molar-refractivity contribution < 1.29 is 42.9 Å². The first-order chi connectivity index (χ1) is 20.6. The van der Waals surface area contributed by atoms with Gasteiger partial charge >= 0.3 is 12.1 Å². The Kier molecular flexibility index (Phi) is 14.3. The number of benzene rings is 2. The lowest BCUT2D eigenvalue weighted by Crippen LogP contribution is -2.47. The van der Waals surface area contributed by atoms with Crippen molar-refractivity contribution in [3.05, 3.63) is 59.7 Å². The SMILES string of the molecule is COCCOCCOCC(=O)Nc1ccc(CC(NC(=O)OC(C)(C)C)C(=O)Nc2ccc(C(=O)OC(C)(C)C)cc2)cc1. The molecule has 44 heavy (non-hydrogen) atoms. The van der Waals surface area contributed by atoms with Crippen molar-refractivity contribution in [2.75, 3.05) is 50.8 Å². The van der Waals surface area contributed by atoms with Gasteiger partial charge < -0.3 is 39.6 Å². The van der Waals surface area contributed by atoms with Crippen molar-refractivity contribution >= 4 is 35.3 Å². The van der Waals surface area contributed by atoms with Gasteiger partial charge in [0.1, 0.15) is 23.9 Å². The van der Waals surface area contributed by atoms with E-state index < -0.39 is 35.2 Å². The van der Waals surface area contributed by atoms with Crippen molar-refractivity contribution in [3.63, 3.8) is 0 Å². The highest BCUT2D eigenvalue weighted by Gasteiger charge is 2.25. The molecule has 3 amide bonds. The molecular formula is C32H45N3O9. The van der Waals surface area contributed by atoms with Gasteiger partial charge in [-0.3, -0.25) is 9.59 Å². The molecule has 0 fully saturated rings. The minimum Gasteiger partial charge on any atom is -0.456 e. The molecule has 0 radical (unpaired) electrons. The lowest BCUT2D eigenvalue weighted by Gasteiger charge is -2.23. The van der Waals surface area contributed by atoms with Crippen LogP contribution in [0.4, 0.5) is 16.2 Å². The molecule has 0 aliphatic heterocycles. The molecule has 0 aromatic heterocycles. The Morgan fingerprint density at radius 1 is 0.705 bits per heavy atom. The zero-order valence-electron chi connectivity index (χ0n) is 26.6. The van der Waals surface area contributed by atoms with Crippen molar-refractivity contribution in [2.24, 2.45) is 0 Å². The maximum absolute atomic E-state index is 13.3. The van der Waals surface area contributed by atoms with Crippen LogP contribution in [0, 0.1) is 0 Å². The van der Waals surface area contributed by atoms with E-state index in [1.807, 2.05) is 0 Å². The first-order valence-corrected chi connectivity index (χ1v) is 14.3. The Morgan fingerprint density at radius 3 is 1.84 bits per heavy atom. The summed E-state index contributed by atoms with van der Waals surface area (Å²) in [5.74, 6) is -1.28. The van der Waals surface area contributed by atoms with E-state index in [0.717, 1.165) is 5.56 Å². The molecule has 12 heteroatoms. The highest BCUT2D eigenvalue weighted by molar-refractivity contribution is 5.97. The van der Waals surface area contributed by atoms with E-state index in [1.54, 1.807) is 97.2 Å². The standard InChI is InChI=1S/C32H45N3O9/c1-31(2,3)43-29(38)23-10-14-25(15-11-23)34-28(37)26(35-30(39)44-32(4,5)6)20-22-8-12-24(13-9-22)33-27(36)21-42-19-18-41-17-16-40-7/h8-15,26H,16-21H2,1-7H3,(H,33,36)(H,34,37)(H,35,39). The van der Waals surface area contributed by atoms with Crippen LogP contribution < -0.4 is 16.0 Å². The number of nitrogens with one attached hydrogen (secondary N) is 3. The van der Waals surface area contributed by atoms with Crippen molar-refractivity contribution in [2.45, 2.75) is 65.2 Å². The van der Waals surface area contributed by atoms with Crippen LogP contribution in [-0.2, 0) is 39.7 Å². The van der Waals surface area contributed by atoms with E-state index in [9.17, 15) is 19.2 Å². The average molecular weight is 616 g/mol. The molecule has 3 N–H and O–H groups in total. The minimum absolute atomic E-state index is 0.129. The number of amides is 3. The summed E-state index contributed by atoms with van der Waals surface area (Å²) in [4.78, 5) is 50.3. The van der Waals surface area contributed by atoms with Gasteiger partial charge in [-0.05, 0) is 83.5 Å². The minimum atomic E-state index is -0.990. The predicted molar refractivity (Wildman–Crippen MR) is 166 cm³/mol. The van der Waals surface area contributed by atoms with E-state index in [-0.39, 0.29) is 25.5 Å². The van der Waals surface area contributed by atoms with Gasteiger partial charge in [-0.15, -0.1) is 0 Å². The molecule has 0 aliphatic carbocycles. The number of hydrogen-bond acceptors (Lipinski definition) is 9. The van der Waals surface area contributed by atoms with Gasteiger partial charge in [-0.1, -0.05) is 12.1 Å². The molecule has 2 aromatic rings. The maximum atomic E-state index is 13.3. The summed E-state index contributed by atoms with van der Waals surface area (Å²) in [6.45, 7) is 12.0. The van der Waals surface area contributed by atoms with Gasteiger partial charge in [0.2, 0.25) is 11.8 Å². The van der Waals surface area contributed by atoms with Gasteiger partial charge in [-0.25, -0.2) is 9.59 Å². The summed E-state index contributed by atoms with van der Waals surface area (Å²) >= 11 is 0. The summed E-state index contributed by atoms with van der Waals surface area (Å²) in [6.07, 6.45) is -0.604. The zero-order chi connectivity index (χ0) is 32.8. The number of hydrogen-bond donors (Lipinski definition) is 3. The monoisotopic (exact) mass is 615 g/mol. The molecule has 0 aliphatic rings. The molecule has 12 nitrogen and oxygen atoms in total. The molecule has 0 heterocycles. The summed E-state index contributed by atoms with van der Waals surface area (Å²) < 4.78 is 26.2. The van der Waals surface area contributed by atoms with Crippen molar-refractivity contribution in [1.82, 2.24) is 5.32 Å². The molecule has 2 rings (SSSR count). The number of ether oxygens (including phenoxy) is 5. The fourth-order valence-electron chi connectivity index (χ4n) is 3.60. The van der Waals surface area contributed by atoms with Crippen LogP contribution in [0.3, 0.4) is 0 Å². The van der Waals surface area contributed by atoms with Crippen LogP contribution in [0.1, 0.15) is 57.5 Å². The molecule has 1 atom stereocenters. The first kappa shape index (κ1) is 36.2. The Morgan fingerprint density at radius 2 is 1.25 bits per heavy atom. The Hall–Kier alpha value is -4.00. The number of methoxy groups -OCH3 is 1. The highest BCUT2D eigenvalue weighted by Crippen LogP contribution is 2.17. The van der Waals surface area contributed by atoms with Crippen LogP contribution in [-0.4, -0.2) is 81.3 Å². The number of alkyl carbamates (subject to hydrolysis) is 1. The van der Waals surface area contributed by atoms with Gasteiger partial charge in [0.05, 0.1) is 32.0 Å². The smallest absolute Gasteiger partial charge is 0.408 e. The summed E-state index contributed by atoms with van der Waals surface area (Å²) in [7, 11) is 1.59. The Balaban J connectivity index is 2.01. The predicted octanol–water partition coefficient (Wildman–Crippen LogP) is 4.33. The van der Waals surface area contributed by atoms with E-state index in [0.29, 0.717) is 36.8 Å². The van der Waals surface area contributed by atoms with E-state index in [4.69, 9.17) is 23.7 Å². The van der Waals surface area contributed by atoms with Gasteiger partial charge in [0.25, 0.3) is 0 Å². The van der Waals surface area contributed by atoms with Gasteiger partial charge in [0.15, 0.2) is 0 Å². The quantitative estimate of drug-likeness (QED) is 0.196. The van der Waals surface area contributed by atoms with Crippen LogP contribution in [0.2, 0.25) is 0 Å². The third kappa shape index (κ3) is 14.9. The molecule has 0 bridgehead atoms. The Bertz CT molecular complexity index is 1220. The third-order valence-electron chi connectivity index (χ3n) is 5.51. The summed E-state index contributed by atoms with van der Waals surface area (Å²) in [6, 6.07) is 12.1. The van der Waals surface area contributed by atoms with Crippen LogP contribution in [0.25, 0.3) is 0 Å². The number of carbonyl (C=O) groups excluding carboxylic acids is 4. The number of esters is 1. The molecule has 242 valence electrons. The molecule has 1 unspecified atom stereocenters. The average Bonchev–Trinajstić information content (AvgIpc) is 2.91. The molecule has 0 spiro atoms. The van der Waals surface area contributed by atoms with Crippen molar-refractivity contribution in [3.8, 4) is 0 Å². The van der Waals surface area contributed by atoms with Crippen molar-refractivity contribution in [1.29, 1.82) is 0 Å². The molecule has 2 aromatic carbocycles. The summed E-state index contributed by atoms with van der Waals surface area (Å²) in [5.41, 5.74) is 0.646. The molecular weight excluding hydrogens is 570 g/mol. The largest absolute Gasteiger partial charge is 0.456 e. The third-order valence-corrected chi connectivity index (χ3v) is 5.51. The fraction of sp³-hybridized carbons (Fsp3) is 0.500. The van der Waals surface area contributed by atoms with Crippen LogP contribution in [0.5, 0.6) is 0 Å². The van der Waals surface area contributed by atoms with Crippen LogP contribution >= 0.6 is 0 Å². The van der Waals surface area contributed by atoms with Gasteiger partial charge in [0, 0.05) is 24.9 Å². The van der Waals surface area contributed by atoms with E-state index in [1.165, 1.54) is 0 Å². The lowest BCUT2D eigenvalue weighted by atomic mass is 10.0. The fourth-order valence-corrected chi connectivity index (χ4v) is 3.60. The molecule has 0 saturated carbocycles. The number of anilines is 2. The topological polar surface area (TPSA) is 151 Å². The number of rotatable bonds is 15. The van der Waals surface area contributed by atoms with E-state index >= 15 is 0 Å². The molecule has 0 saturated heterocycles. The Labute approximate surface area is 259 Å². The maximum Gasteiger partial charge on any atom is 0.408 e. The second kappa shape index (κ2) is 17.3. The van der Waals surface area contributed by atoms with Crippen LogP contribution in [0.15, 0.2) is 48.5 Å². The highest BCUT2D eigenvalue weighted by atomic mass is 16.6. The summed E-state index contributed by atoms with van der Waals surface area (Å²) in [5, 5.41) is 8.16. The first-order valence-electron chi connectivity index (χ1n) is 14.3. The zero-order valence-corrected chi connectivity index (χ0v) is 26.6. The number of carbonyl (C=O) groups is 4. The van der Waals surface area contributed by atoms with Gasteiger partial charge in [-0.2, -0.15) is 0 Å². The second-order valence-corrected chi connectivity index (χ2v) is 11.9.